The monoisotopic (exact) mass is 1630 g/mol. The van der Waals surface area contributed by atoms with Crippen LogP contribution in [0.4, 0.5) is 0 Å². The van der Waals surface area contributed by atoms with E-state index in [1.807, 2.05) is 188 Å². The highest BCUT2D eigenvalue weighted by Gasteiger charge is 2.26. The fourth-order valence-electron chi connectivity index (χ4n) is 18.3. The van der Waals surface area contributed by atoms with Crippen molar-refractivity contribution in [2.45, 2.75) is 0 Å². The predicted octanol–water partition coefficient (Wildman–Crippen LogP) is 31.4. The molecule has 0 saturated carbocycles. The minimum Gasteiger partial charge on any atom is -0.455 e. The first-order valence-corrected chi connectivity index (χ1v) is 42.1. The van der Waals surface area contributed by atoms with Crippen LogP contribution < -0.4 is 0 Å². The van der Waals surface area contributed by atoms with Crippen LogP contribution in [-0.4, -0.2) is 29.9 Å². The van der Waals surface area contributed by atoms with E-state index in [0.29, 0.717) is 23.3 Å². The summed E-state index contributed by atoms with van der Waals surface area (Å²) >= 11 is 0. The van der Waals surface area contributed by atoms with Crippen LogP contribution in [0.2, 0.25) is 0 Å². The molecule has 594 valence electrons. The fraction of sp³-hybridized carbons (Fsp3) is 0. The van der Waals surface area contributed by atoms with Crippen LogP contribution in [0.3, 0.4) is 0 Å². The number of aromatic nitrogens is 6. The van der Waals surface area contributed by atoms with Crippen molar-refractivity contribution in [3.8, 4) is 113 Å². The molecule has 13 heteroatoms. The lowest BCUT2D eigenvalue weighted by Gasteiger charge is -2.13. The molecule has 0 saturated heterocycles. The van der Waals surface area contributed by atoms with Crippen LogP contribution in [0.1, 0.15) is 0 Å². The zero-order chi connectivity index (χ0) is 83.6. The lowest BCUT2D eigenvalue weighted by Crippen LogP contribution is -2.00. The van der Waals surface area contributed by atoms with Gasteiger partial charge in [0.2, 0.25) is 0 Å². The molecule has 0 atom stereocenters. The number of rotatable bonds is 10. The summed E-state index contributed by atoms with van der Waals surface area (Å²) in [5, 5.41) is 14.9. The maximum absolute atomic E-state index is 6.51. The van der Waals surface area contributed by atoms with Crippen LogP contribution in [0.15, 0.2) is 432 Å². The number of hydrogen-bond donors (Lipinski definition) is 0. The van der Waals surface area contributed by atoms with Crippen LogP contribution in [0, 0.1) is 0 Å². The topological polar surface area (TPSA) is 169 Å². The van der Waals surface area contributed by atoms with Crippen molar-refractivity contribution in [1.29, 1.82) is 0 Å². The zero-order valence-corrected chi connectivity index (χ0v) is 67.6. The highest BCUT2D eigenvalue weighted by atomic mass is 16.4. The average molecular weight is 1630 g/mol. The van der Waals surface area contributed by atoms with Crippen molar-refractivity contribution < 1.29 is 30.9 Å². The van der Waals surface area contributed by atoms with Gasteiger partial charge in [0, 0.05) is 127 Å². The summed E-state index contributed by atoms with van der Waals surface area (Å²) in [6, 6.07) is 132. The second-order valence-corrected chi connectivity index (χ2v) is 31.7. The van der Waals surface area contributed by atoms with E-state index in [9.17, 15) is 0 Å². The molecule has 0 N–H and O–H groups in total. The highest BCUT2D eigenvalue weighted by Crippen LogP contribution is 2.47. The fourth-order valence-corrected chi connectivity index (χ4v) is 18.3. The van der Waals surface area contributed by atoms with Gasteiger partial charge in [0.1, 0.15) is 78.2 Å². The van der Waals surface area contributed by atoms with E-state index in [4.69, 9.17) is 55.8 Å². The molecule has 27 rings (SSSR count). The normalized spacial score (nSPS) is 11.8. The largest absolute Gasteiger partial charge is 0.455 e. The second kappa shape index (κ2) is 29.7. The van der Waals surface area contributed by atoms with Crippen molar-refractivity contribution in [2.75, 3.05) is 0 Å². The minimum absolute atomic E-state index is 0.501. The van der Waals surface area contributed by atoms with E-state index in [2.05, 4.69) is 217 Å². The van der Waals surface area contributed by atoms with Crippen LogP contribution >= 0.6 is 0 Å². The Kier molecular flexibility index (Phi) is 17.0. The second-order valence-electron chi connectivity index (χ2n) is 31.7. The van der Waals surface area contributed by atoms with Crippen LogP contribution in [0.25, 0.3) is 266 Å². The maximum atomic E-state index is 6.51. The molecule has 27 aromatic rings. The summed E-state index contributed by atoms with van der Waals surface area (Å²) in [6.45, 7) is 0. The number of benzene rings is 17. The van der Waals surface area contributed by atoms with Gasteiger partial charge in [-0.25, -0.2) is 24.9 Å². The van der Waals surface area contributed by atoms with Crippen LogP contribution in [0.5, 0.6) is 0 Å². The molecule has 10 aromatic heterocycles. The molecule has 0 aliphatic carbocycles. The maximum Gasteiger partial charge on any atom is 0.167 e. The van der Waals surface area contributed by atoms with Gasteiger partial charge in [-0.3, -0.25) is 4.98 Å². The first-order chi connectivity index (χ1) is 62.9. The Labute approximate surface area is 723 Å². The van der Waals surface area contributed by atoms with Gasteiger partial charge in [-0.1, -0.05) is 285 Å². The van der Waals surface area contributed by atoms with E-state index in [1.165, 1.54) is 0 Å². The molecular weight excluding hydrogens is 1570 g/mol. The molecule has 0 bridgehead atoms. The first-order valence-electron chi connectivity index (χ1n) is 42.1. The summed E-state index contributed by atoms with van der Waals surface area (Å²) in [4.78, 5) is 30.5. The van der Waals surface area contributed by atoms with Crippen molar-refractivity contribution in [1.82, 2.24) is 29.9 Å². The molecule has 0 spiro atoms. The number of hydrogen-bond acceptors (Lipinski definition) is 13. The molecule has 0 radical (unpaired) electrons. The third kappa shape index (κ3) is 12.4. The first kappa shape index (κ1) is 72.4. The van der Waals surface area contributed by atoms with Gasteiger partial charge in [-0.05, 0) is 125 Å². The highest BCUT2D eigenvalue weighted by molar-refractivity contribution is 6.16. The van der Waals surface area contributed by atoms with E-state index >= 15 is 0 Å². The SMILES string of the molecule is c1ccc(-c2cc(-c3ccccc3)cc(-c3nc(-c4cccc5c4oc4ccccc45)cc(-c4cccc5c4oc4ccccc45)n3)c2)cc1.c1ccc2c(c1)oc1c(-c3cncc(-c4cccc5c4oc4ccccc45)c3)cccc12.c1ccc2c(c1)oc1c(-c3nc(-c4cccc5c4oc4ccccc45)nc(-c4cccc5c4oc4ccccc45)n3)cccc12. The molecule has 0 unspecified atom stereocenters. The summed E-state index contributed by atoms with van der Waals surface area (Å²) in [6.07, 6.45) is 3.79. The van der Waals surface area contributed by atoms with E-state index in [-0.39, 0.29) is 0 Å². The number of nitrogens with zero attached hydrogens (tertiary/aromatic N) is 6. The third-order valence-electron chi connectivity index (χ3n) is 24.2. The van der Waals surface area contributed by atoms with Crippen LogP contribution in [-0.2, 0) is 0 Å². The quantitative estimate of drug-likeness (QED) is 0.127. The Hall–Kier alpha value is -17.4. The summed E-state index contributed by atoms with van der Waals surface area (Å²) in [5.74, 6) is 2.12. The van der Waals surface area contributed by atoms with Gasteiger partial charge in [0.25, 0.3) is 0 Å². The molecule has 13 nitrogen and oxygen atoms in total. The van der Waals surface area contributed by atoms with Crippen molar-refractivity contribution in [2.24, 2.45) is 0 Å². The third-order valence-corrected chi connectivity index (χ3v) is 24.2. The zero-order valence-electron chi connectivity index (χ0n) is 67.6. The predicted molar refractivity (Wildman–Crippen MR) is 511 cm³/mol. The number of furan rings is 7. The molecule has 0 fully saturated rings. The van der Waals surface area contributed by atoms with E-state index < -0.39 is 0 Å². The van der Waals surface area contributed by atoms with Gasteiger partial charge in [0.15, 0.2) is 23.3 Å². The molecular formula is C114H66N6O7. The lowest BCUT2D eigenvalue weighted by atomic mass is 9.95. The number of fused-ring (bicyclic) bond motifs is 21. The Morgan fingerprint density at radius 3 is 0.654 bits per heavy atom. The molecule has 0 aliphatic heterocycles. The minimum atomic E-state index is 0.501. The van der Waals surface area contributed by atoms with Gasteiger partial charge in [-0.15, -0.1) is 0 Å². The summed E-state index contributed by atoms with van der Waals surface area (Å²) in [5.41, 5.74) is 26.6. The van der Waals surface area contributed by atoms with Gasteiger partial charge in [-0.2, -0.15) is 0 Å². The van der Waals surface area contributed by atoms with Gasteiger partial charge < -0.3 is 30.9 Å². The number of para-hydroxylation sites is 14. The van der Waals surface area contributed by atoms with E-state index in [0.717, 1.165) is 243 Å². The van der Waals surface area contributed by atoms with Crippen molar-refractivity contribution >= 4 is 154 Å². The Bertz CT molecular complexity index is 8450. The summed E-state index contributed by atoms with van der Waals surface area (Å²) in [7, 11) is 0. The van der Waals surface area contributed by atoms with Crippen molar-refractivity contribution in [3.05, 3.63) is 401 Å². The number of pyridine rings is 1. The van der Waals surface area contributed by atoms with Gasteiger partial charge in [0.05, 0.1) is 28.1 Å². The van der Waals surface area contributed by atoms with E-state index in [1.54, 1.807) is 0 Å². The Morgan fingerprint density at radius 2 is 0.362 bits per heavy atom. The standard InChI is InChI=1S/C46H28N2O2.C39H21N3O3.C29H17NO2/c1-3-13-29(14-4-1)31-25-32(30-15-5-2-6-16-30)27-33(26-31)46-47-40(38-21-11-19-36-34-17-7-9-23-42(34)49-44(36)38)28-41(48-46)39-22-12-20-37-35-18-8-10-24-43(35)50-45(37)39;1-4-19-31-22(10-1)25-13-7-16-28(34(25)43-31)37-40-38(29-17-8-14-26-23-11-2-5-20-32(23)44-35(26)29)42-39(41-37)30-18-9-15-27-24-12-3-6-21-33(24)45-36(27)30;1-3-13-26-22(7-1)24-11-5-9-20(28(24)31-26)18-15-19(17-30-16-18)21-10-6-12-25-23-8-2-4-14-27(23)32-29(21)25/h1-28H;1-21H;1-17H. The lowest BCUT2D eigenvalue weighted by molar-refractivity contribution is 0.668. The average Bonchev–Trinajstić information content (AvgIpc) is 1.63. The molecule has 0 amide bonds. The smallest absolute Gasteiger partial charge is 0.167 e. The molecule has 127 heavy (non-hydrogen) atoms. The Balaban J connectivity index is 0.000000106. The molecule has 10 heterocycles. The Morgan fingerprint density at radius 1 is 0.142 bits per heavy atom. The van der Waals surface area contributed by atoms with Crippen molar-refractivity contribution in [3.63, 3.8) is 0 Å². The van der Waals surface area contributed by atoms with Gasteiger partial charge >= 0.3 is 0 Å². The summed E-state index contributed by atoms with van der Waals surface area (Å²) < 4.78 is 44.8. The molecule has 17 aromatic carbocycles. The molecule has 0 aliphatic rings.